The Morgan fingerprint density at radius 2 is 2.00 bits per heavy atom. The third-order valence-corrected chi connectivity index (χ3v) is 4.51. The van der Waals surface area contributed by atoms with Gasteiger partial charge in [-0.25, -0.2) is 0 Å². The van der Waals surface area contributed by atoms with Crippen LogP contribution in [0.3, 0.4) is 0 Å². The molecular weight excluding hydrogens is 277 g/mol. The number of aliphatic hydroxyl groups is 1. The molecule has 6 nitrogen and oxygen atoms in total. The zero-order valence-electron chi connectivity index (χ0n) is 9.34. The van der Waals surface area contributed by atoms with E-state index in [2.05, 4.69) is 0 Å². The molecule has 0 radical (unpaired) electrons. The SMILES string of the molecule is N[C@@H](COP(O)(=S)C(O)c1ccccc1)C(=O)O. The molecule has 0 fully saturated rings. The van der Waals surface area contributed by atoms with Gasteiger partial charge in [-0.1, -0.05) is 30.3 Å². The van der Waals surface area contributed by atoms with Crippen LogP contribution in [0.4, 0.5) is 0 Å². The van der Waals surface area contributed by atoms with Crippen LogP contribution >= 0.6 is 6.49 Å². The molecule has 0 saturated heterocycles. The summed E-state index contributed by atoms with van der Waals surface area (Å²) in [5.74, 6) is -2.63. The van der Waals surface area contributed by atoms with Crippen LogP contribution in [-0.4, -0.2) is 33.7 Å². The fourth-order valence-electron chi connectivity index (χ4n) is 1.14. The number of hydrogen-bond donors (Lipinski definition) is 4. The number of nitrogens with two attached hydrogens (primary N) is 1. The van der Waals surface area contributed by atoms with Gasteiger partial charge in [0.15, 0.2) is 5.85 Å². The number of rotatable bonds is 6. The van der Waals surface area contributed by atoms with Gasteiger partial charge in [0, 0.05) is 0 Å². The number of hydrogen-bond acceptors (Lipinski definition) is 5. The fraction of sp³-hybridized carbons (Fsp3) is 0.300. The van der Waals surface area contributed by atoms with Crippen LogP contribution in [0.25, 0.3) is 0 Å². The van der Waals surface area contributed by atoms with Crippen molar-refractivity contribution in [2.75, 3.05) is 6.61 Å². The van der Waals surface area contributed by atoms with Crippen molar-refractivity contribution < 1.29 is 24.4 Å². The molecule has 0 aromatic heterocycles. The maximum absolute atomic E-state index is 10.5. The van der Waals surface area contributed by atoms with Crippen molar-refractivity contribution in [1.29, 1.82) is 0 Å². The van der Waals surface area contributed by atoms with Crippen LogP contribution in [0.5, 0.6) is 0 Å². The molecule has 3 atom stereocenters. The Labute approximate surface area is 109 Å². The number of benzene rings is 1. The summed E-state index contributed by atoms with van der Waals surface area (Å²) in [5, 5.41) is 18.4. The number of carbonyl (C=O) groups is 1. The number of carboxylic acids is 1. The van der Waals surface area contributed by atoms with Crippen molar-refractivity contribution >= 4 is 24.3 Å². The molecule has 8 heteroatoms. The van der Waals surface area contributed by atoms with Crippen LogP contribution < -0.4 is 5.73 Å². The molecule has 0 amide bonds. The van der Waals surface area contributed by atoms with Gasteiger partial charge in [-0.2, -0.15) is 0 Å². The van der Waals surface area contributed by atoms with Crippen LogP contribution in [0.15, 0.2) is 30.3 Å². The monoisotopic (exact) mass is 291 g/mol. The Bertz CT molecular complexity index is 455. The molecule has 0 heterocycles. The number of carboxylic acid groups (broad SMARTS) is 1. The molecule has 5 N–H and O–H groups in total. The third-order valence-electron chi connectivity index (χ3n) is 2.16. The summed E-state index contributed by atoms with van der Waals surface area (Å²) in [6, 6.07) is 6.99. The minimum atomic E-state index is -3.55. The maximum atomic E-state index is 10.5. The summed E-state index contributed by atoms with van der Waals surface area (Å²) in [4.78, 5) is 20.4. The molecule has 100 valence electrons. The Morgan fingerprint density at radius 3 is 2.50 bits per heavy atom. The van der Waals surface area contributed by atoms with E-state index in [1.54, 1.807) is 30.3 Å². The fourth-order valence-corrected chi connectivity index (χ4v) is 2.75. The van der Waals surface area contributed by atoms with E-state index >= 15 is 0 Å². The summed E-state index contributed by atoms with van der Waals surface area (Å²) < 4.78 is 4.89. The highest BCUT2D eigenvalue weighted by atomic mass is 32.5. The average Bonchev–Trinajstić information content (AvgIpc) is 2.36. The van der Waals surface area contributed by atoms with Gasteiger partial charge in [-0.3, -0.25) is 4.79 Å². The van der Waals surface area contributed by atoms with Crippen LogP contribution in [0, 0.1) is 0 Å². The third kappa shape index (κ3) is 4.13. The van der Waals surface area contributed by atoms with Crippen molar-refractivity contribution in [2.24, 2.45) is 5.73 Å². The summed E-state index contributed by atoms with van der Waals surface area (Å²) in [6.07, 6.45) is 0. The lowest BCUT2D eigenvalue weighted by Gasteiger charge is -2.22. The topological polar surface area (TPSA) is 113 Å². The van der Waals surface area contributed by atoms with E-state index in [0.29, 0.717) is 5.56 Å². The number of aliphatic hydroxyl groups excluding tert-OH is 1. The molecule has 1 aromatic carbocycles. The lowest BCUT2D eigenvalue weighted by Crippen LogP contribution is -2.34. The molecule has 0 spiro atoms. The predicted molar refractivity (Wildman–Crippen MR) is 69.5 cm³/mol. The van der Waals surface area contributed by atoms with Gasteiger partial charge < -0.3 is 25.4 Å². The molecule has 0 aliphatic carbocycles. The van der Waals surface area contributed by atoms with E-state index in [4.69, 9.17) is 27.2 Å². The standard InChI is InChI=1S/C10H14NO5PS/c11-8(9(12)13)6-16-17(15,18)10(14)7-4-2-1-3-5-7/h1-5,8,10,14H,6,11H2,(H,12,13)(H,15,18)/t8-,10?,17?/m0/s1. The van der Waals surface area contributed by atoms with Crippen molar-refractivity contribution in [3.8, 4) is 0 Å². The van der Waals surface area contributed by atoms with Gasteiger partial charge in [0.1, 0.15) is 6.04 Å². The van der Waals surface area contributed by atoms with Crippen molar-refractivity contribution in [2.45, 2.75) is 11.9 Å². The van der Waals surface area contributed by atoms with Crippen molar-refractivity contribution in [1.82, 2.24) is 0 Å². The normalized spacial score (nSPS) is 17.7. The molecule has 18 heavy (non-hydrogen) atoms. The molecule has 0 bridgehead atoms. The van der Waals surface area contributed by atoms with Crippen LogP contribution in [0.2, 0.25) is 0 Å². The van der Waals surface area contributed by atoms with E-state index in [1.165, 1.54) is 0 Å². The van der Waals surface area contributed by atoms with Gasteiger partial charge in [0.2, 0.25) is 6.49 Å². The van der Waals surface area contributed by atoms with E-state index in [1.807, 2.05) is 0 Å². The van der Waals surface area contributed by atoms with Crippen molar-refractivity contribution in [3.63, 3.8) is 0 Å². The van der Waals surface area contributed by atoms with Gasteiger partial charge >= 0.3 is 5.97 Å². The maximum Gasteiger partial charge on any atom is 0.322 e. The quantitative estimate of drug-likeness (QED) is 0.561. The minimum absolute atomic E-state index is 0.409. The molecule has 1 rings (SSSR count). The zero-order valence-corrected chi connectivity index (χ0v) is 11.1. The van der Waals surface area contributed by atoms with Crippen LogP contribution in [-0.2, 0) is 21.1 Å². The summed E-state index contributed by atoms with van der Waals surface area (Å²) in [5.41, 5.74) is 5.63. The first-order valence-electron chi connectivity index (χ1n) is 5.03. The summed E-state index contributed by atoms with van der Waals surface area (Å²) in [7, 11) is 0. The van der Waals surface area contributed by atoms with Gasteiger partial charge in [-0.05, 0) is 17.4 Å². The summed E-state index contributed by atoms with van der Waals surface area (Å²) >= 11 is 4.80. The molecule has 0 aliphatic rings. The lowest BCUT2D eigenvalue weighted by atomic mass is 10.2. The van der Waals surface area contributed by atoms with E-state index in [0.717, 1.165) is 0 Å². The first-order valence-corrected chi connectivity index (χ1v) is 7.77. The zero-order chi connectivity index (χ0) is 13.8. The highest BCUT2D eigenvalue weighted by Gasteiger charge is 2.28. The van der Waals surface area contributed by atoms with E-state index in [-0.39, 0.29) is 0 Å². The van der Waals surface area contributed by atoms with E-state index < -0.39 is 31.0 Å². The molecule has 2 unspecified atom stereocenters. The second kappa shape index (κ2) is 6.38. The minimum Gasteiger partial charge on any atom is -0.480 e. The van der Waals surface area contributed by atoms with Crippen LogP contribution in [0.1, 0.15) is 11.4 Å². The largest absolute Gasteiger partial charge is 0.480 e. The van der Waals surface area contributed by atoms with E-state index in [9.17, 15) is 14.8 Å². The smallest absolute Gasteiger partial charge is 0.322 e. The average molecular weight is 291 g/mol. The number of aliphatic carboxylic acids is 1. The van der Waals surface area contributed by atoms with Gasteiger partial charge in [0.25, 0.3) is 0 Å². The summed E-state index contributed by atoms with van der Waals surface area (Å²) in [6.45, 7) is -4.00. The highest BCUT2D eigenvalue weighted by molar-refractivity contribution is 8.09. The Hall–Kier alpha value is -0.820. The first-order chi connectivity index (χ1) is 8.34. The second-order valence-corrected chi connectivity index (χ2v) is 7.03. The first kappa shape index (κ1) is 15.2. The Balaban J connectivity index is 2.69. The highest BCUT2D eigenvalue weighted by Crippen LogP contribution is 2.55. The Morgan fingerprint density at radius 1 is 1.44 bits per heavy atom. The van der Waals surface area contributed by atoms with Gasteiger partial charge in [0.05, 0.1) is 6.61 Å². The Kier molecular flexibility index (Phi) is 5.40. The lowest BCUT2D eigenvalue weighted by molar-refractivity contribution is -0.139. The predicted octanol–water partition coefficient (Wildman–Crippen LogP) is 0.408. The second-order valence-electron chi connectivity index (χ2n) is 3.59. The molecule has 0 saturated carbocycles. The molecule has 1 aromatic rings. The van der Waals surface area contributed by atoms with Gasteiger partial charge in [-0.15, -0.1) is 0 Å². The molecule has 0 aliphatic heterocycles. The van der Waals surface area contributed by atoms with Crippen molar-refractivity contribution in [3.05, 3.63) is 35.9 Å². The molecular formula is C10H14NO5PS.